The third-order valence-corrected chi connectivity index (χ3v) is 3.13. The molecule has 5 nitrogen and oxygen atoms in total. The standard InChI is InChI=1S/C14H21N3O2/c1-3-19-14-10-12(4-5-13(14)18)11-15-17-8-6-16(2)7-9-17/h4-5,10-11,18H,3,6-9H2,1-2H3/b15-11-. The molecule has 1 aromatic rings. The van der Waals surface area contributed by atoms with E-state index in [2.05, 4.69) is 22.1 Å². The van der Waals surface area contributed by atoms with E-state index in [9.17, 15) is 5.11 Å². The molecule has 0 bridgehead atoms. The number of benzene rings is 1. The number of hydrazone groups is 1. The van der Waals surface area contributed by atoms with Crippen molar-refractivity contribution in [3.05, 3.63) is 23.8 Å². The van der Waals surface area contributed by atoms with Crippen molar-refractivity contribution in [1.29, 1.82) is 0 Å². The topological polar surface area (TPSA) is 48.3 Å². The Kier molecular flexibility index (Phi) is 4.63. The van der Waals surface area contributed by atoms with Crippen molar-refractivity contribution in [3.8, 4) is 11.5 Å². The Morgan fingerprint density at radius 2 is 2.05 bits per heavy atom. The van der Waals surface area contributed by atoms with E-state index >= 15 is 0 Å². The van der Waals surface area contributed by atoms with Gasteiger partial charge in [-0.15, -0.1) is 0 Å². The predicted molar refractivity (Wildman–Crippen MR) is 75.9 cm³/mol. The van der Waals surface area contributed by atoms with Crippen LogP contribution in [0.25, 0.3) is 0 Å². The Labute approximate surface area is 114 Å². The molecule has 0 aliphatic carbocycles. The lowest BCUT2D eigenvalue weighted by molar-refractivity contribution is 0.159. The third kappa shape index (κ3) is 3.86. The maximum atomic E-state index is 9.63. The van der Waals surface area contributed by atoms with Gasteiger partial charge in [-0.05, 0) is 37.7 Å². The average Bonchev–Trinajstić information content (AvgIpc) is 2.42. The summed E-state index contributed by atoms with van der Waals surface area (Å²) in [7, 11) is 2.12. The van der Waals surface area contributed by atoms with E-state index in [1.165, 1.54) is 0 Å². The quantitative estimate of drug-likeness (QED) is 0.834. The summed E-state index contributed by atoms with van der Waals surface area (Å²) in [5.74, 6) is 0.670. The van der Waals surface area contributed by atoms with Crippen LogP contribution in [0, 0.1) is 0 Å². The van der Waals surface area contributed by atoms with Crippen molar-refractivity contribution >= 4 is 6.21 Å². The van der Waals surface area contributed by atoms with Crippen LogP contribution in [0.3, 0.4) is 0 Å². The highest BCUT2D eigenvalue weighted by atomic mass is 16.5. The lowest BCUT2D eigenvalue weighted by atomic mass is 10.2. The van der Waals surface area contributed by atoms with Crippen molar-refractivity contribution in [1.82, 2.24) is 9.91 Å². The molecule has 1 saturated heterocycles. The van der Waals surface area contributed by atoms with Gasteiger partial charge in [0.25, 0.3) is 0 Å². The second-order valence-electron chi connectivity index (χ2n) is 4.66. The van der Waals surface area contributed by atoms with Crippen LogP contribution < -0.4 is 4.74 Å². The van der Waals surface area contributed by atoms with Gasteiger partial charge in [0.15, 0.2) is 11.5 Å². The zero-order valence-electron chi connectivity index (χ0n) is 11.5. The number of ether oxygens (including phenoxy) is 1. The maximum absolute atomic E-state index is 9.63. The fraction of sp³-hybridized carbons (Fsp3) is 0.500. The highest BCUT2D eigenvalue weighted by Gasteiger charge is 2.10. The van der Waals surface area contributed by atoms with Gasteiger partial charge in [0.1, 0.15) is 0 Å². The second-order valence-corrected chi connectivity index (χ2v) is 4.66. The van der Waals surface area contributed by atoms with Crippen LogP contribution in [0.1, 0.15) is 12.5 Å². The van der Waals surface area contributed by atoms with Crippen LogP contribution in [0.4, 0.5) is 0 Å². The van der Waals surface area contributed by atoms with Gasteiger partial charge in [0, 0.05) is 26.2 Å². The summed E-state index contributed by atoms with van der Waals surface area (Å²) in [6, 6.07) is 5.27. The summed E-state index contributed by atoms with van der Waals surface area (Å²) in [5, 5.41) is 16.2. The molecule has 1 aromatic carbocycles. The van der Waals surface area contributed by atoms with Crippen LogP contribution >= 0.6 is 0 Å². The first-order chi connectivity index (χ1) is 9.19. The molecule has 5 heteroatoms. The normalized spacial score (nSPS) is 17.1. The minimum Gasteiger partial charge on any atom is -0.504 e. The molecular weight excluding hydrogens is 242 g/mol. The molecule has 0 unspecified atom stereocenters. The van der Waals surface area contributed by atoms with Crippen molar-refractivity contribution in [2.24, 2.45) is 5.10 Å². The Balaban J connectivity index is 2.00. The second kappa shape index (κ2) is 6.43. The van der Waals surface area contributed by atoms with Gasteiger partial charge < -0.3 is 14.7 Å². The van der Waals surface area contributed by atoms with Gasteiger partial charge >= 0.3 is 0 Å². The molecule has 1 fully saturated rings. The number of likely N-dealkylation sites (N-methyl/N-ethyl adjacent to an activating group) is 1. The molecule has 2 rings (SSSR count). The summed E-state index contributed by atoms with van der Waals surface area (Å²) >= 11 is 0. The molecule has 0 spiro atoms. The Bertz CT molecular complexity index is 440. The molecule has 0 atom stereocenters. The highest BCUT2D eigenvalue weighted by Crippen LogP contribution is 2.26. The molecule has 0 amide bonds. The van der Waals surface area contributed by atoms with E-state index < -0.39 is 0 Å². The van der Waals surface area contributed by atoms with Crippen molar-refractivity contribution in [3.63, 3.8) is 0 Å². The number of aromatic hydroxyl groups is 1. The summed E-state index contributed by atoms with van der Waals surface area (Å²) in [6.07, 6.45) is 1.81. The van der Waals surface area contributed by atoms with E-state index in [4.69, 9.17) is 4.74 Å². The van der Waals surface area contributed by atoms with Crippen molar-refractivity contribution in [2.75, 3.05) is 39.8 Å². The van der Waals surface area contributed by atoms with Crippen LogP contribution in [-0.2, 0) is 0 Å². The molecule has 1 heterocycles. The molecule has 0 saturated carbocycles. The first-order valence-corrected chi connectivity index (χ1v) is 6.62. The average molecular weight is 263 g/mol. The molecule has 19 heavy (non-hydrogen) atoms. The maximum Gasteiger partial charge on any atom is 0.161 e. The van der Waals surface area contributed by atoms with E-state index in [1.807, 2.05) is 19.2 Å². The SMILES string of the molecule is CCOc1cc(/C=N\N2CCN(C)CC2)ccc1O. The Morgan fingerprint density at radius 3 is 2.74 bits per heavy atom. The molecule has 1 aliphatic rings. The summed E-state index contributed by atoms with van der Waals surface area (Å²) in [5.41, 5.74) is 0.931. The molecule has 0 aromatic heterocycles. The summed E-state index contributed by atoms with van der Waals surface area (Å²) < 4.78 is 5.35. The largest absolute Gasteiger partial charge is 0.504 e. The van der Waals surface area contributed by atoms with E-state index in [0.29, 0.717) is 12.4 Å². The number of hydrogen-bond acceptors (Lipinski definition) is 5. The van der Waals surface area contributed by atoms with Crippen LogP contribution in [0.5, 0.6) is 11.5 Å². The number of hydrogen-bond donors (Lipinski definition) is 1. The minimum absolute atomic E-state index is 0.165. The monoisotopic (exact) mass is 263 g/mol. The number of phenolic OH excluding ortho intramolecular Hbond substituents is 1. The fourth-order valence-corrected chi connectivity index (χ4v) is 1.94. The zero-order chi connectivity index (χ0) is 13.7. The molecule has 104 valence electrons. The first kappa shape index (κ1) is 13.7. The lowest BCUT2D eigenvalue weighted by Crippen LogP contribution is -2.41. The first-order valence-electron chi connectivity index (χ1n) is 6.62. The molecular formula is C14H21N3O2. The van der Waals surface area contributed by atoms with E-state index in [-0.39, 0.29) is 5.75 Å². The third-order valence-electron chi connectivity index (χ3n) is 3.13. The summed E-state index contributed by atoms with van der Waals surface area (Å²) in [6.45, 7) is 6.40. The van der Waals surface area contributed by atoms with Gasteiger partial charge in [0.05, 0.1) is 12.8 Å². The molecule has 1 N–H and O–H groups in total. The van der Waals surface area contributed by atoms with Crippen molar-refractivity contribution < 1.29 is 9.84 Å². The Morgan fingerprint density at radius 1 is 1.32 bits per heavy atom. The van der Waals surface area contributed by atoms with E-state index in [0.717, 1.165) is 31.7 Å². The van der Waals surface area contributed by atoms with Crippen LogP contribution in [0.15, 0.2) is 23.3 Å². The fourth-order valence-electron chi connectivity index (χ4n) is 1.94. The molecule has 0 radical (unpaired) electrons. The minimum atomic E-state index is 0.165. The van der Waals surface area contributed by atoms with Crippen LogP contribution in [0.2, 0.25) is 0 Å². The predicted octanol–water partition coefficient (Wildman–Crippen LogP) is 1.37. The van der Waals surface area contributed by atoms with Gasteiger partial charge in [0.2, 0.25) is 0 Å². The van der Waals surface area contributed by atoms with Gasteiger partial charge in [-0.2, -0.15) is 5.10 Å². The van der Waals surface area contributed by atoms with E-state index in [1.54, 1.807) is 12.1 Å². The highest BCUT2D eigenvalue weighted by molar-refractivity contribution is 5.80. The Hall–Kier alpha value is -1.75. The van der Waals surface area contributed by atoms with Gasteiger partial charge in [-0.1, -0.05) is 0 Å². The van der Waals surface area contributed by atoms with Gasteiger partial charge in [-0.25, -0.2) is 0 Å². The van der Waals surface area contributed by atoms with Gasteiger partial charge in [-0.3, -0.25) is 5.01 Å². The number of rotatable bonds is 4. The number of nitrogens with zero attached hydrogens (tertiary/aromatic N) is 3. The summed E-state index contributed by atoms with van der Waals surface area (Å²) in [4.78, 5) is 2.29. The molecule has 1 aliphatic heterocycles. The lowest BCUT2D eigenvalue weighted by Gasteiger charge is -2.30. The van der Waals surface area contributed by atoms with Crippen LogP contribution in [-0.4, -0.2) is 61.1 Å². The number of phenols is 1. The number of piperazine rings is 1. The van der Waals surface area contributed by atoms with Crippen molar-refractivity contribution in [2.45, 2.75) is 6.92 Å². The smallest absolute Gasteiger partial charge is 0.161 e. The zero-order valence-corrected chi connectivity index (χ0v) is 11.5.